The van der Waals surface area contributed by atoms with Gasteiger partial charge in [0.2, 0.25) is 0 Å². The van der Waals surface area contributed by atoms with Crippen molar-refractivity contribution in [2.24, 2.45) is 11.8 Å². The zero-order valence-electron chi connectivity index (χ0n) is 33.0. The number of aromatic nitrogens is 4. The molecular weight excluding hydrogens is 661 g/mol. The van der Waals surface area contributed by atoms with E-state index < -0.39 is 0 Å². The van der Waals surface area contributed by atoms with Crippen molar-refractivity contribution < 1.29 is 4.74 Å². The highest BCUT2D eigenvalue weighted by molar-refractivity contribution is 6.09. The van der Waals surface area contributed by atoms with Crippen LogP contribution in [0, 0.1) is 18.8 Å². The van der Waals surface area contributed by atoms with E-state index in [1.165, 1.54) is 45.0 Å². The summed E-state index contributed by atoms with van der Waals surface area (Å²) in [5.41, 5.74) is 11.7. The summed E-state index contributed by atoms with van der Waals surface area (Å²) in [6.07, 6.45) is 7.68. The fraction of sp³-hybridized carbons (Fsp3) is 0.306. The van der Waals surface area contributed by atoms with Crippen LogP contribution in [-0.4, -0.2) is 19.3 Å². The van der Waals surface area contributed by atoms with E-state index in [0.29, 0.717) is 17.8 Å². The summed E-state index contributed by atoms with van der Waals surface area (Å²) in [5, 5.41) is 7.72. The van der Waals surface area contributed by atoms with Gasteiger partial charge in [-0.3, -0.25) is 4.57 Å². The highest BCUT2D eigenvalue weighted by atomic mass is 16.5. The number of para-hydroxylation sites is 1. The first-order valence-electron chi connectivity index (χ1n) is 19.7. The molecule has 0 N–H and O–H groups in total. The summed E-state index contributed by atoms with van der Waals surface area (Å²) < 4.78 is 11.3. The quantitative estimate of drug-likeness (QED) is 0.147. The molecule has 0 aliphatic heterocycles. The predicted octanol–water partition coefficient (Wildman–Crippen LogP) is 13.1. The van der Waals surface area contributed by atoms with E-state index in [1.807, 2.05) is 6.20 Å². The van der Waals surface area contributed by atoms with Gasteiger partial charge in [-0.15, -0.1) is 0 Å². The zero-order chi connectivity index (χ0) is 37.7. The average Bonchev–Trinajstić information content (AvgIpc) is 3.65. The molecule has 5 heteroatoms. The van der Waals surface area contributed by atoms with Gasteiger partial charge in [0.25, 0.3) is 0 Å². The van der Waals surface area contributed by atoms with Gasteiger partial charge in [-0.25, -0.2) is 9.67 Å². The number of ether oxygens (including phenoxy) is 1. The van der Waals surface area contributed by atoms with Crippen molar-refractivity contribution in [3.05, 3.63) is 143 Å². The minimum atomic E-state index is -0.120. The number of nitrogens with zero attached hydrogens (tertiary/aromatic N) is 4. The monoisotopic (exact) mass is 712 g/mol. The van der Waals surface area contributed by atoms with Crippen molar-refractivity contribution in [1.29, 1.82) is 0 Å². The van der Waals surface area contributed by atoms with Crippen LogP contribution in [-0.2, 0) is 11.8 Å². The minimum absolute atomic E-state index is 0.120. The van der Waals surface area contributed by atoms with E-state index in [2.05, 4.69) is 174 Å². The Morgan fingerprint density at radius 1 is 0.796 bits per heavy atom. The number of fused-ring (bicyclic) bond motifs is 3. The van der Waals surface area contributed by atoms with Crippen LogP contribution in [0.4, 0.5) is 0 Å². The van der Waals surface area contributed by atoms with Gasteiger partial charge in [0.1, 0.15) is 17.3 Å². The first-order chi connectivity index (χ1) is 26.0. The second-order valence-electron chi connectivity index (χ2n) is 16.6. The normalized spacial score (nSPS) is 17.6. The fourth-order valence-corrected chi connectivity index (χ4v) is 8.90. The average molecular weight is 713 g/mol. The molecular formula is C49H52N4O. The van der Waals surface area contributed by atoms with Crippen LogP contribution in [0.5, 0.6) is 11.5 Å². The van der Waals surface area contributed by atoms with E-state index in [0.717, 1.165) is 58.3 Å². The third kappa shape index (κ3) is 6.55. The molecule has 0 saturated heterocycles. The molecule has 0 amide bonds. The third-order valence-electron chi connectivity index (χ3n) is 11.3. The van der Waals surface area contributed by atoms with Crippen molar-refractivity contribution in [3.8, 4) is 34.3 Å². The molecule has 1 aliphatic carbocycles. The van der Waals surface area contributed by atoms with Crippen LogP contribution in [0.3, 0.4) is 0 Å². The van der Waals surface area contributed by atoms with E-state index in [9.17, 15) is 0 Å². The molecule has 0 unspecified atom stereocenters. The Hall–Kier alpha value is -5.42. The van der Waals surface area contributed by atoms with Crippen molar-refractivity contribution in [3.63, 3.8) is 0 Å². The van der Waals surface area contributed by atoms with Gasteiger partial charge in [0, 0.05) is 46.1 Å². The fourth-order valence-electron chi connectivity index (χ4n) is 8.90. The number of hydrogen-bond acceptors (Lipinski definition) is 3. The standard InChI is InChI=1S/C49H52N4O/c1-9-15-35-22-23-50-45(26-35)52-43-19-14-13-18-41(43)42-21-20-39(30-44(42)52)54-40-28-37(49(6,7)8)27-38(29-40)53-48(36-16-11-10-12-17-36)47(34(5)51-53)46-32(3)24-31(2)25-33(46)4/h10-14,16-24,26-31,33,46H,9,15,25H2,1-8H3/t31-,33-,46-/m0/s1. The van der Waals surface area contributed by atoms with Crippen LogP contribution < -0.4 is 4.74 Å². The molecule has 0 bridgehead atoms. The predicted molar refractivity (Wildman–Crippen MR) is 225 cm³/mol. The van der Waals surface area contributed by atoms with Crippen LogP contribution >= 0.6 is 0 Å². The Labute approximate surface area is 320 Å². The first-order valence-corrected chi connectivity index (χ1v) is 19.7. The third-order valence-corrected chi connectivity index (χ3v) is 11.3. The molecule has 0 spiro atoms. The Morgan fingerprint density at radius 2 is 1.56 bits per heavy atom. The van der Waals surface area contributed by atoms with Gasteiger partial charge in [0.15, 0.2) is 0 Å². The molecule has 4 aromatic carbocycles. The Morgan fingerprint density at radius 3 is 2.31 bits per heavy atom. The van der Waals surface area contributed by atoms with Gasteiger partial charge in [-0.1, -0.05) is 108 Å². The molecule has 3 aromatic heterocycles. The number of pyridine rings is 1. The minimum Gasteiger partial charge on any atom is -0.457 e. The van der Waals surface area contributed by atoms with Crippen molar-refractivity contribution >= 4 is 21.8 Å². The van der Waals surface area contributed by atoms with E-state index in [4.69, 9.17) is 14.8 Å². The van der Waals surface area contributed by atoms with Gasteiger partial charge >= 0.3 is 0 Å². The second kappa shape index (κ2) is 14.1. The molecule has 8 rings (SSSR count). The molecule has 3 atom stereocenters. The van der Waals surface area contributed by atoms with Crippen LogP contribution in [0.1, 0.15) is 89.6 Å². The van der Waals surface area contributed by atoms with Crippen molar-refractivity contribution in [2.45, 2.75) is 86.0 Å². The van der Waals surface area contributed by atoms with E-state index >= 15 is 0 Å². The molecule has 5 nitrogen and oxygen atoms in total. The second-order valence-corrected chi connectivity index (χ2v) is 16.6. The van der Waals surface area contributed by atoms with Gasteiger partial charge in [-0.2, -0.15) is 5.10 Å². The summed E-state index contributed by atoms with van der Waals surface area (Å²) in [6, 6.07) is 36.8. The summed E-state index contributed by atoms with van der Waals surface area (Å²) in [5.74, 6) is 3.89. The Balaban J connectivity index is 1.28. The van der Waals surface area contributed by atoms with Gasteiger partial charge in [0.05, 0.1) is 28.1 Å². The summed E-state index contributed by atoms with van der Waals surface area (Å²) in [4.78, 5) is 4.86. The molecule has 54 heavy (non-hydrogen) atoms. The summed E-state index contributed by atoms with van der Waals surface area (Å²) in [6.45, 7) is 18.2. The van der Waals surface area contributed by atoms with Crippen LogP contribution in [0.25, 0.3) is 44.6 Å². The number of rotatable bonds is 8. The summed E-state index contributed by atoms with van der Waals surface area (Å²) in [7, 11) is 0. The summed E-state index contributed by atoms with van der Waals surface area (Å²) >= 11 is 0. The molecule has 0 saturated carbocycles. The maximum absolute atomic E-state index is 6.89. The lowest BCUT2D eigenvalue weighted by Crippen LogP contribution is -2.20. The lowest BCUT2D eigenvalue weighted by molar-refractivity contribution is 0.391. The Kier molecular flexibility index (Phi) is 9.29. The number of allylic oxidation sites excluding steroid dienone is 2. The molecule has 7 aromatic rings. The molecule has 3 heterocycles. The topological polar surface area (TPSA) is 44.9 Å². The SMILES string of the molecule is CCCc1ccnc(-n2c3ccccc3c3ccc(Oc4cc(-n5nc(C)c([C@H]6C(C)=C[C@H](C)C[C@@H]6C)c5-c5ccccc5)cc(C(C)(C)C)c4)cc32)c1. The first kappa shape index (κ1) is 35.6. The number of hydrogen-bond donors (Lipinski definition) is 0. The highest BCUT2D eigenvalue weighted by Gasteiger charge is 2.33. The Bertz CT molecular complexity index is 2510. The van der Waals surface area contributed by atoms with Gasteiger partial charge in [-0.05, 0) is 97.5 Å². The van der Waals surface area contributed by atoms with Gasteiger partial charge < -0.3 is 4.74 Å². The van der Waals surface area contributed by atoms with Crippen LogP contribution in [0.2, 0.25) is 0 Å². The largest absolute Gasteiger partial charge is 0.457 e. The van der Waals surface area contributed by atoms with Crippen molar-refractivity contribution in [2.75, 3.05) is 0 Å². The highest BCUT2D eigenvalue weighted by Crippen LogP contribution is 2.46. The number of aryl methyl sites for hydroxylation is 2. The van der Waals surface area contributed by atoms with E-state index in [1.54, 1.807) is 0 Å². The molecule has 1 aliphatic rings. The maximum atomic E-state index is 6.89. The smallest absolute Gasteiger partial charge is 0.137 e. The van der Waals surface area contributed by atoms with E-state index in [-0.39, 0.29) is 5.41 Å². The number of benzene rings is 4. The maximum Gasteiger partial charge on any atom is 0.137 e. The lowest BCUT2D eigenvalue weighted by Gasteiger charge is -2.32. The molecule has 0 fully saturated rings. The zero-order valence-corrected chi connectivity index (χ0v) is 33.0. The molecule has 274 valence electrons. The van der Waals surface area contributed by atoms with Crippen LogP contribution in [0.15, 0.2) is 121 Å². The van der Waals surface area contributed by atoms with Crippen molar-refractivity contribution in [1.82, 2.24) is 19.3 Å². The lowest BCUT2D eigenvalue weighted by atomic mass is 9.72. The molecule has 0 radical (unpaired) electrons.